The van der Waals surface area contributed by atoms with E-state index in [1.165, 1.54) is 4.52 Å². The molecule has 0 saturated carbocycles. The first-order chi connectivity index (χ1) is 11.6. The van der Waals surface area contributed by atoms with E-state index in [-0.39, 0.29) is 11.9 Å². The van der Waals surface area contributed by atoms with Gasteiger partial charge in [-0.25, -0.2) is 9.50 Å². The van der Waals surface area contributed by atoms with E-state index < -0.39 is 0 Å². The van der Waals surface area contributed by atoms with E-state index in [4.69, 9.17) is 16.3 Å². The highest BCUT2D eigenvalue weighted by Crippen LogP contribution is 2.18. The second kappa shape index (κ2) is 6.88. The van der Waals surface area contributed by atoms with Crippen LogP contribution in [0.5, 0.6) is 5.75 Å². The van der Waals surface area contributed by atoms with Gasteiger partial charge in [-0.3, -0.25) is 4.79 Å². The highest BCUT2D eigenvalue weighted by atomic mass is 35.5. The summed E-state index contributed by atoms with van der Waals surface area (Å²) in [5.74, 6) is 0.543. The van der Waals surface area contributed by atoms with Crippen molar-refractivity contribution in [1.29, 1.82) is 0 Å². The molecule has 0 saturated heterocycles. The molecule has 0 fully saturated rings. The summed E-state index contributed by atoms with van der Waals surface area (Å²) >= 11 is 5.84. The third kappa shape index (κ3) is 3.49. The molecular weight excluding hydrogens is 328 g/mol. The summed E-state index contributed by atoms with van der Waals surface area (Å²) in [6.07, 6.45) is 1.56. The van der Waals surface area contributed by atoms with Crippen molar-refractivity contribution in [2.75, 3.05) is 6.61 Å². The minimum atomic E-state index is -0.266. The molecule has 1 atom stereocenters. The van der Waals surface area contributed by atoms with E-state index >= 15 is 0 Å². The standard InChI is InChI=1S/C17H17ClN4O2/c1-3-24-13-6-4-12(5-7-13)11(2)19-17(23)14-10-22-16(20-14)9-8-15(18)21-22/h4-11H,3H2,1-2H3,(H,19,23)/t11-/m0/s1. The fraction of sp³-hybridized carbons (Fsp3) is 0.235. The predicted molar refractivity (Wildman–Crippen MR) is 91.5 cm³/mol. The van der Waals surface area contributed by atoms with Crippen LogP contribution in [-0.4, -0.2) is 27.1 Å². The van der Waals surface area contributed by atoms with Crippen molar-refractivity contribution in [3.63, 3.8) is 0 Å². The lowest BCUT2D eigenvalue weighted by Gasteiger charge is -2.14. The highest BCUT2D eigenvalue weighted by molar-refractivity contribution is 6.29. The molecule has 0 aliphatic heterocycles. The number of carbonyl (C=O) groups excluding carboxylic acids is 1. The first-order valence-corrected chi connectivity index (χ1v) is 8.00. The third-order valence-corrected chi connectivity index (χ3v) is 3.76. The molecule has 0 aliphatic carbocycles. The van der Waals surface area contributed by atoms with Crippen molar-refractivity contribution in [2.45, 2.75) is 19.9 Å². The maximum absolute atomic E-state index is 12.4. The molecule has 0 unspecified atom stereocenters. The second-order valence-corrected chi connectivity index (χ2v) is 5.67. The van der Waals surface area contributed by atoms with Crippen LogP contribution in [0.3, 0.4) is 0 Å². The number of hydrogen-bond donors (Lipinski definition) is 1. The average molecular weight is 345 g/mol. The van der Waals surface area contributed by atoms with Crippen molar-refractivity contribution in [2.24, 2.45) is 0 Å². The molecule has 2 aromatic heterocycles. The van der Waals surface area contributed by atoms with E-state index in [0.717, 1.165) is 11.3 Å². The van der Waals surface area contributed by atoms with Crippen LogP contribution in [0.1, 0.15) is 35.9 Å². The molecule has 24 heavy (non-hydrogen) atoms. The van der Waals surface area contributed by atoms with Gasteiger partial charge in [0.15, 0.2) is 5.65 Å². The smallest absolute Gasteiger partial charge is 0.272 e. The molecule has 2 heterocycles. The van der Waals surface area contributed by atoms with Gasteiger partial charge in [0.2, 0.25) is 0 Å². The largest absolute Gasteiger partial charge is 0.494 e. The molecular formula is C17H17ClN4O2. The summed E-state index contributed by atoms with van der Waals surface area (Å²) in [5, 5.41) is 7.33. The van der Waals surface area contributed by atoms with Crippen molar-refractivity contribution >= 4 is 23.2 Å². The summed E-state index contributed by atoms with van der Waals surface area (Å²) < 4.78 is 6.90. The van der Waals surface area contributed by atoms with Crippen molar-refractivity contribution in [3.05, 3.63) is 59.0 Å². The Kier molecular flexibility index (Phi) is 4.66. The zero-order chi connectivity index (χ0) is 17.1. The number of imidazole rings is 1. The fourth-order valence-electron chi connectivity index (χ4n) is 2.34. The first-order valence-electron chi connectivity index (χ1n) is 7.62. The normalized spacial score (nSPS) is 12.1. The molecule has 1 N–H and O–H groups in total. The molecule has 1 aromatic carbocycles. The number of hydrogen-bond acceptors (Lipinski definition) is 4. The molecule has 7 heteroatoms. The van der Waals surface area contributed by atoms with Gasteiger partial charge in [-0.05, 0) is 43.7 Å². The first kappa shape index (κ1) is 16.3. The quantitative estimate of drug-likeness (QED) is 0.771. The Hall–Kier alpha value is -2.60. The average Bonchev–Trinajstić information content (AvgIpc) is 2.99. The number of ether oxygens (including phenoxy) is 1. The van der Waals surface area contributed by atoms with Gasteiger partial charge in [0.25, 0.3) is 5.91 Å². The number of carbonyl (C=O) groups is 1. The Morgan fingerprint density at radius 1 is 1.29 bits per heavy atom. The van der Waals surface area contributed by atoms with E-state index in [9.17, 15) is 4.79 Å². The van der Waals surface area contributed by atoms with Gasteiger partial charge in [0.1, 0.15) is 16.6 Å². The van der Waals surface area contributed by atoms with Crippen LogP contribution in [0.2, 0.25) is 5.15 Å². The Morgan fingerprint density at radius 3 is 2.75 bits per heavy atom. The van der Waals surface area contributed by atoms with Gasteiger partial charge in [0, 0.05) is 0 Å². The summed E-state index contributed by atoms with van der Waals surface area (Å²) in [6, 6.07) is 10.8. The lowest BCUT2D eigenvalue weighted by Crippen LogP contribution is -2.26. The number of benzene rings is 1. The lowest BCUT2D eigenvalue weighted by molar-refractivity contribution is 0.0935. The molecule has 0 radical (unpaired) electrons. The lowest BCUT2D eigenvalue weighted by atomic mass is 10.1. The van der Waals surface area contributed by atoms with Crippen LogP contribution in [0.25, 0.3) is 5.65 Å². The SMILES string of the molecule is CCOc1ccc([C@H](C)NC(=O)c2cn3nc(Cl)ccc3n2)cc1. The number of nitrogens with one attached hydrogen (secondary N) is 1. The molecule has 124 valence electrons. The maximum Gasteiger partial charge on any atom is 0.272 e. The van der Waals surface area contributed by atoms with Crippen molar-refractivity contribution in [1.82, 2.24) is 19.9 Å². The molecule has 0 bridgehead atoms. The Balaban J connectivity index is 1.72. The molecule has 0 spiro atoms. The monoisotopic (exact) mass is 344 g/mol. The zero-order valence-corrected chi connectivity index (χ0v) is 14.1. The maximum atomic E-state index is 12.4. The topological polar surface area (TPSA) is 68.5 Å². The van der Waals surface area contributed by atoms with Crippen molar-refractivity contribution in [3.8, 4) is 5.75 Å². The molecule has 3 rings (SSSR count). The van der Waals surface area contributed by atoms with Crippen molar-refractivity contribution < 1.29 is 9.53 Å². The van der Waals surface area contributed by atoms with Gasteiger partial charge >= 0.3 is 0 Å². The minimum Gasteiger partial charge on any atom is -0.494 e. The summed E-state index contributed by atoms with van der Waals surface area (Å²) in [5.41, 5.74) is 1.84. The van der Waals surface area contributed by atoms with Crippen LogP contribution < -0.4 is 10.1 Å². The summed E-state index contributed by atoms with van der Waals surface area (Å²) in [7, 11) is 0. The molecule has 6 nitrogen and oxygen atoms in total. The van der Waals surface area contributed by atoms with Gasteiger partial charge < -0.3 is 10.1 Å². The number of amides is 1. The van der Waals surface area contributed by atoms with Crippen LogP contribution in [-0.2, 0) is 0 Å². The van der Waals surface area contributed by atoms with Gasteiger partial charge in [-0.2, -0.15) is 5.10 Å². The summed E-state index contributed by atoms with van der Waals surface area (Å²) in [4.78, 5) is 16.6. The Bertz CT molecular complexity index is 861. The highest BCUT2D eigenvalue weighted by Gasteiger charge is 2.15. The number of aromatic nitrogens is 3. The van der Waals surface area contributed by atoms with Gasteiger partial charge in [-0.15, -0.1) is 0 Å². The van der Waals surface area contributed by atoms with Crippen LogP contribution >= 0.6 is 11.6 Å². The third-order valence-electron chi connectivity index (χ3n) is 3.56. The Morgan fingerprint density at radius 2 is 2.04 bits per heavy atom. The predicted octanol–water partition coefficient (Wildman–Crippen LogP) is 3.27. The van der Waals surface area contributed by atoms with Crippen LogP contribution in [0.4, 0.5) is 0 Å². The summed E-state index contributed by atoms with van der Waals surface area (Å²) in [6.45, 7) is 4.48. The second-order valence-electron chi connectivity index (χ2n) is 5.28. The molecule has 0 aliphatic rings. The van der Waals surface area contributed by atoms with E-state index in [1.807, 2.05) is 38.1 Å². The van der Waals surface area contributed by atoms with Gasteiger partial charge in [0.05, 0.1) is 18.8 Å². The number of fused-ring (bicyclic) bond motifs is 1. The van der Waals surface area contributed by atoms with E-state index in [0.29, 0.717) is 23.1 Å². The van der Waals surface area contributed by atoms with E-state index in [1.54, 1.807) is 18.3 Å². The number of nitrogens with zero attached hydrogens (tertiary/aromatic N) is 3. The minimum absolute atomic E-state index is 0.158. The van der Waals surface area contributed by atoms with Gasteiger partial charge in [-0.1, -0.05) is 23.7 Å². The van der Waals surface area contributed by atoms with Crippen LogP contribution in [0, 0.1) is 0 Å². The fourth-order valence-corrected chi connectivity index (χ4v) is 2.49. The van der Waals surface area contributed by atoms with Crippen LogP contribution in [0.15, 0.2) is 42.6 Å². The molecule has 1 amide bonds. The van der Waals surface area contributed by atoms with E-state index in [2.05, 4.69) is 15.4 Å². The zero-order valence-electron chi connectivity index (χ0n) is 13.4. The molecule has 3 aromatic rings. The Labute approximate surface area is 144 Å². The number of rotatable bonds is 5. The number of halogens is 1.